The van der Waals surface area contributed by atoms with Crippen LogP contribution in [0.5, 0.6) is 0 Å². The number of aromatic nitrogens is 5. The van der Waals surface area contributed by atoms with E-state index in [0.29, 0.717) is 11.8 Å². The molecule has 0 bridgehead atoms. The lowest BCUT2D eigenvalue weighted by molar-refractivity contribution is -0.0629. The van der Waals surface area contributed by atoms with Gasteiger partial charge in [0.15, 0.2) is 22.1 Å². The van der Waals surface area contributed by atoms with Crippen LogP contribution >= 0.6 is 11.8 Å². The molecule has 0 saturated heterocycles. The minimum absolute atomic E-state index is 0.0396. The smallest absolute Gasteiger partial charge is 0.191 e. The molecule has 2 aromatic heterocycles. The van der Waals surface area contributed by atoms with Crippen molar-refractivity contribution in [2.24, 2.45) is 0 Å². The average molecular weight is 526 g/mol. The van der Waals surface area contributed by atoms with Crippen molar-refractivity contribution in [3.05, 3.63) is 35.1 Å². The van der Waals surface area contributed by atoms with Crippen molar-refractivity contribution in [3.8, 4) is 0 Å². The van der Waals surface area contributed by atoms with Crippen molar-refractivity contribution < 1.29 is 34.0 Å². The molecule has 2 fully saturated rings. The molecule has 2 aliphatic carbocycles. The van der Waals surface area contributed by atoms with E-state index in [1.165, 1.54) is 11.6 Å². The molecule has 0 aliphatic heterocycles. The number of halogens is 1. The number of nitrogens with zero attached hydrogens (tertiary/aromatic N) is 5. The standard InChI is InChI=1S/C24H31FN6O4S/c1-3-8-36-24-27-22(26-16-10-14(16)13-5-4-12(2)15(25)9-13)19-23(28-24)31(30-29-19)17-11-18(35-7-6-32)21(34)20(17)33/h4-5,9,14,16-18,20-21,32-34H,3,6-8,10-11H2,1-2H3,(H,26,27,28)/t14-,16+,17+,18-,20-,21+/m0/s1/i4D,5D,8D2,9D,10D2. The molecule has 2 aliphatic rings. The zero-order valence-electron chi connectivity index (χ0n) is 26.6. The Bertz CT molecular complexity index is 1520. The summed E-state index contributed by atoms with van der Waals surface area (Å²) >= 11 is 0.707. The molecule has 3 aromatic rings. The Morgan fingerprint density at radius 3 is 2.97 bits per heavy atom. The Hall–Kier alpha value is -2.38. The number of nitrogens with one attached hydrogen (secondary N) is 1. The zero-order chi connectivity index (χ0) is 31.6. The lowest BCUT2D eigenvalue weighted by Gasteiger charge is -2.17. The van der Waals surface area contributed by atoms with E-state index in [1.54, 1.807) is 6.92 Å². The van der Waals surface area contributed by atoms with Crippen LogP contribution in [0.1, 0.15) is 58.8 Å². The average Bonchev–Trinajstić information content (AvgIpc) is 3.22. The number of thioether (sulfide) groups is 1. The maximum Gasteiger partial charge on any atom is 0.191 e. The van der Waals surface area contributed by atoms with E-state index in [0.717, 1.165) is 0 Å². The van der Waals surface area contributed by atoms with Gasteiger partial charge < -0.3 is 25.4 Å². The highest BCUT2D eigenvalue weighted by Gasteiger charge is 2.45. The number of ether oxygens (including phenoxy) is 1. The monoisotopic (exact) mass is 525 g/mol. The van der Waals surface area contributed by atoms with Crippen LogP contribution in [0, 0.1) is 12.7 Å². The van der Waals surface area contributed by atoms with E-state index < -0.39 is 72.3 Å². The molecule has 10 nitrogen and oxygen atoms in total. The predicted molar refractivity (Wildman–Crippen MR) is 133 cm³/mol. The Morgan fingerprint density at radius 2 is 2.19 bits per heavy atom. The first-order valence-corrected chi connectivity index (χ1v) is 12.4. The fourth-order valence-corrected chi connectivity index (χ4v) is 4.71. The highest BCUT2D eigenvalue weighted by Crippen LogP contribution is 2.44. The lowest BCUT2D eigenvalue weighted by Crippen LogP contribution is -2.33. The molecule has 0 spiro atoms. The molecule has 0 radical (unpaired) electrons. The van der Waals surface area contributed by atoms with Crippen LogP contribution < -0.4 is 5.32 Å². The van der Waals surface area contributed by atoms with Gasteiger partial charge in [0.1, 0.15) is 18.0 Å². The summed E-state index contributed by atoms with van der Waals surface area (Å²) in [4.78, 5) is 8.81. The summed E-state index contributed by atoms with van der Waals surface area (Å²) in [5, 5.41) is 41.5. The third-order valence-electron chi connectivity index (χ3n) is 6.09. The molecule has 2 saturated carbocycles. The first-order valence-electron chi connectivity index (χ1n) is 15.1. The van der Waals surface area contributed by atoms with Gasteiger partial charge in [0.05, 0.1) is 29.5 Å². The van der Waals surface area contributed by atoms with Crippen molar-refractivity contribution in [1.29, 1.82) is 0 Å². The number of rotatable bonds is 10. The molecule has 5 rings (SSSR count). The summed E-state index contributed by atoms with van der Waals surface area (Å²) in [6.45, 7) is 2.58. The van der Waals surface area contributed by atoms with Gasteiger partial charge in [-0.3, -0.25) is 0 Å². The van der Waals surface area contributed by atoms with Gasteiger partial charge in [-0.1, -0.05) is 36.0 Å². The van der Waals surface area contributed by atoms with Crippen molar-refractivity contribution in [2.45, 2.75) is 74.5 Å². The molecule has 194 valence electrons. The number of aliphatic hydroxyl groups is 3. The van der Waals surface area contributed by atoms with E-state index in [-0.39, 0.29) is 59.3 Å². The normalized spacial score (nSPS) is 32.2. The van der Waals surface area contributed by atoms with Crippen LogP contribution in [-0.2, 0) is 4.74 Å². The number of anilines is 1. The van der Waals surface area contributed by atoms with Gasteiger partial charge >= 0.3 is 0 Å². The molecule has 0 unspecified atom stereocenters. The summed E-state index contributed by atoms with van der Waals surface area (Å²) in [6.07, 6.45) is -5.35. The molecule has 36 heavy (non-hydrogen) atoms. The van der Waals surface area contributed by atoms with Crippen molar-refractivity contribution in [1.82, 2.24) is 25.0 Å². The second-order valence-electron chi connectivity index (χ2n) is 8.57. The molecule has 6 atom stereocenters. The zero-order valence-corrected chi connectivity index (χ0v) is 20.4. The maximum atomic E-state index is 14.7. The number of hydrogen-bond acceptors (Lipinski definition) is 10. The highest BCUT2D eigenvalue weighted by molar-refractivity contribution is 7.99. The number of fused-ring (bicyclic) bond motifs is 1. The molecule has 0 amide bonds. The number of benzene rings is 1. The molecular formula is C24H31FN6O4S. The fourth-order valence-electron chi connectivity index (χ4n) is 4.17. The Kier molecular flexibility index (Phi) is 5.26. The van der Waals surface area contributed by atoms with Gasteiger partial charge in [-0.25, -0.2) is 19.0 Å². The summed E-state index contributed by atoms with van der Waals surface area (Å²) in [7, 11) is 0. The SMILES string of the molecule is [2H]c1c([2H])c([C@H]2[C@H](Nc3nc(SC([2H])([2H])CC)nc4c3nnn4[C@@H]3C[C@H](OCCO)[C@@H](O)[C@H]3O)C2([2H])[2H])c([2H])c(F)c1C. The van der Waals surface area contributed by atoms with Crippen LogP contribution in [0.3, 0.4) is 0 Å². The van der Waals surface area contributed by atoms with Crippen LogP contribution in [0.4, 0.5) is 10.2 Å². The lowest BCUT2D eigenvalue weighted by atomic mass is 10.1. The van der Waals surface area contributed by atoms with Crippen LogP contribution in [0.2, 0.25) is 0 Å². The first kappa shape index (κ1) is 18.0. The van der Waals surface area contributed by atoms with Crippen LogP contribution in [0.25, 0.3) is 11.2 Å². The maximum absolute atomic E-state index is 14.7. The minimum Gasteiger partial charge on any atom is -0.394 e. The first-order chi connectivity index (χ1) is 20.1. The van der Waals surface area contributed by atoms with E-state index in [9.17, 15) is 14.6 Å². The van der Waals surface area contributed by atoms with Gasteiger partial charge in [-0.05, 0) is 36.9 Å². The molecule has 4 N–H and O–H groups in total. The van der Waals surface area contributed by atoms with Gasteiger partial charge in [0, 0.05) is 29.6 Å². The summed E-state index contributed by atoms with van der Waals surface area (Å²) in [5.74, 6) is -2.22. The van der Waals surface area contributed by atoms with Crippen molar-refractivity contribution in [3.63, 3.8) is 0 Å². The Balaban J connectivity index is 1.56. The third kappa shape index (κ3) is 4.92. The second kappa shape index (κ2) is 10.5. The molecule has 12 heteroatoms. The quantitative estimate of drug-likeness (QED) is 0.230. The minimum atomic E-state index is -2.08. The van der Waals surface area contributed by atoms with E-state index >= 15 is 0 Å². The topological polar surface area (TPSA) is 138 Å². The molecular weight excluding hydrogens is 487 g/mol. The van der Waals surface area contributed by atoms with E-state index in [4.69, 9.17) is 19.4 Å². The van der Waals surface area contributed by atoms with Gasteiger partial charge in [-0.2, -0.15) is 0 Å². The van der Waals surface area contributed by atoms with Gasteiger partial charge in [0.25, 0.3) is 0 Å². The van der Waals surface area contributed by atoms with Crippen LogP contribution in [0.15, 0.2) is 23.3 Å². The summed E-state index contributed by atoms with van der Waals surface area (Å²) in [6, 6.07) is -3.53. The Morgan fingerprint density at radius 1 is 1.36 bits per heavy atom. The van der Waals surface area contributed by atoms with Gasteiger partial charge in [-0.15, -0.1) is 5.10 Å². The van der Waals surface area contributed by atoms with Crippen molar-refractivity contribution >= 4 is 28.7 Å². The Labute approximate surface area is 222 Å². The van der Waals surface area contributed by atoms with Crippen molar-refractivity contribution in [2.75, 3.05) is 24.2 Å². The molecule has 1 aromatic carbocycles. The van der Waals surface area contributed by atoms with Crippen LogP contribution in [-0.4, -0.2) is 83.6 Å². The molecule has 2 heterocycles. The summed E-state index contributed by atoms with van der Waals surface area (Å²) < 4.78 is 79.6. The van der Waals surface area contributed by atoms with E-state index in [2.05, 4.69) is 25.6 Å². The number of aliphatic hydroxyl groups excluding tert-OH is 3. The largest absolute Gasteiger partial charge is 0.394 e. The van der Waals surface area contributed by atoms with Gasteiger partial charge in [0.2, 0.25) is 0 Å². The fraction of sp³-hybridized carbons (Fsp3) is 0.583. The third-order valence-corrected chi connectivity index (χ3v) is 6.89. The number of hydrogen-bond donors (Lipinski definition) is 4. The predicted octanol–water partition coefficient (Wildman–Crippen LogP) is 2.18. The second-order valence-corrected chi connectivity index (χ2v) is 9.43. The van der Waals surface area contributed by atoms with E-state index in [1.807, 2.05) is 0 Å². The highest BCUT2D eigenvalue weighted by atomic mass is 32.2. The summed E-state index contributed by atoms with van der Waals surface area (Å²) in [5.41, 5.74) is -2.11.